The molecule has 6 heteroatoms. The molecule has 1 aliphatic heterocycles. The summed E-state index contributed by atoms with van der Waals surface area (Å²) in [5.74, 6) is 0. The first-order valence-corrected chi connectivity index (χ1v) is 12.1. The van der Waals surface area contributed by atoms with E-state index in [4.69, 9.17) is 9.47 Å². The molecule has 2 N–H and O–H groups in total. The highest BCUT2D eigenvalue weighted by molar-refractivity contribution is 6.83. The number of rotatable bonds is 4. The molecule has 0 amide bonds. The van der Waals surface area contributed by atoms with Gasteiger partial charge in [0, 0.05) is 13.5 Å². The van der Waals surface area contributed by atoms with Crippen LogP contribution in [0.2, 0.25) is 18.1 Å². The quantitative estimate of drug-likeness (QED) is 0.781. The maximum absolute atomic E-state index is 15.7. The third-order valence-corrected chi connectivity index (χ3v) is 13.0. The number of halogens is 1. The van der Waals surface area contributed by atoms with Gasteiger partial charge in [-0.3, -0.25) is 0 Å². The molecule has 0 aromatic heterocycles. The maximum Gasteiger partial charge on any atom is 0.191 e. The Balaban J connectivity index is 2.65. The van der Waals surface area contributed by atoms with E-state index in [-0.39, 0.29) is 11.5 Å². The molecule has 0 aliphatic carbocycles. The van der Waals surface area contributed by atoms with Gasteiger partial charge in [-0.15, -0.1) is 0 Å². The summed E-state index contributed by atoms with van der Waals surface area (Å²) in [7, 11) is -1.45. The fourth-order valence-electron chi connectivity index (χ4n) is 3.95. The Morgan fingerprint density at radius 3 is 2.19 bits per heavy atom. The monoisotopic (exact) mass is 384 g/mol. The molecule has 26 heavy (non-hydrogen) atoms. The van der Waals surface area contributed by atoms with Crippen molar-refractivity contribution in [3.63, 3.8) is 0 Å². The van der Waals surface area contributed by atoms with E-state index >= 15 is 4.39 Å². The summed E-state index contributed by atoms with van der Waals surface area (Å²) in [6.07, 6.45) is -3.74. The van der Waals surface area contributed by atoms with Crippen LogP contribution in [0, 0.1) is 0 Å². The minimum Gasteiger partial charge on any atom is -0.387 e. The summed E-state index contributed by atoms with van der Waals surface area (Å²) < 4.78 is 26.5. The molecule has 0 spiro atoms. The topological polar surface area (TPSA) is 58.9 Å². The normalized spacial score (nSPS) is 36.2. The summed E-state index contributed by atoms with van der Waals surface area (Å²) in [6.45, 7) is 11.5. The molecular formula is C20H33FO4Si. The second-order valence-electron chi connectivity index (χ2n) is 9.01. The minimum absolute atomic E-state index is 0.106. The number of methoxy groups -OCH3 is 1. The Hall–Kier alpha value is -0.793. The van der Waals surface area contributed by atoms with E-state index in [1.54, 1.807) is 6.92 Å². The summed E-state index contributed by atoms with van der Waals surface area (Å²) in [5.41, 5.74) is -0.947. The molecule has 1 aromatic rings. The first-order chi connectivity index (χ1) is 11.8. The zero-order valence-corrected chi connectivity index (χ0v) is 17.9. The van der Waals surface area contributed by atoms with Crippen LogP contribution in [-0.2, 0) is 15.9 Å². The van der Waals surface area contributed by atoms with Crippen LogP contribution in [0.1, 0.15) is 33.3 Å². The lowest BCUT2D eigenvalue weighted by atomic mass is 9.79. The fraction of sp³-hybridized carbons (Fsp3) is 0.700. The van der Waals surface area contributed by atoms with Gasteiger partial charge in [-0.05, 0) is 17.5 Å². The van der Waals surface area contributed by atoms with Gasteiger partial charge in [0.05, 0.1) is 14.2 Å². The van der Waals surface area contributed by atoms with Crippen molar-refractivity contribution in [2.45, 2.75) is 81.6 Å². The summed E-state index contributed by atoms with van der Waals surface area (Å²) in [6, 6.07) is 9.35. The van der Waals surface area contributed by atoms with Gasteiger partial charge in [0.15, 0.2) is 12.5 Å². The Morgan fingerprint density at radius 1 is 1.19 bits per heavy atom. The van der Waals surface area contributed by atoms with Crippen LogP contribution in [0.4, 0.5) is 4.39 Å². The van der Waals surface area contributed by atoms with Crippen molar-refractivity contribution in [2.24, 2.45) is 0 Å². The van der Waals surface area contributed by atoms with Gasteiger partial charge in [0.2, 0.25) is 0 Å². The summed E-state index contributed by atoms with van der Waals surface area (Å²) in [4.78, 5) is 0. The molecule has 1 saturated heterocycles. The number of hydrogen-bond acceptors (Lipinski definition) is 4. The van der Waals surface area contributed by atoms with Gasteiger partial charge in [0.25, 0.3) is 0 Å². The molecule has 0 bridgehead atoms. The molecule has 0 saturated carbocycles. The van der Waals surface area contributed by atoms with E-state index in [0.29, 0.717) is 0 Å². The zero-order valence-electron chi connectivity index (χ0n) is 16.9. The van der Waals surface area contributed by atoms with E-state index in [2.05, 4.69) is 0 Å². The van der Waals surface area contributed by atoms with E-state index in [9.17, 15) is 10.2 Å². The SMILES string of the molecule is CO[C@H]1O[C@H](C)[C@@](O)(Cc2ccccc2)[C@@](O)([Si](C)(C)C(C)(C)C)[C@H]1F. The van der Waals surface area contributed by atoms with Gasteiger partial charge in [-0.25, -0.2) is 4.39 Å². The van der Waals surface area contributed by atoms with Gasteiger partial charge < -0.3 is 19.7 Å². The molecule has 4 nitrogen and oxygen atoms in total. The largest absolute Gasteiger partial charge is 0.387 e. The predicted octanol–water partition coefficient (Wildman–Crippen LogP) is 3.47. The molecule has 2 rings (SSSR count). The zero-order chi connectivity index (χ0) is 20.0. The summed E-state index contributed by atoms with van der Waals surface area (Å²) in [5, 5.41) is 21.4. The molecule has 0 radical (unpaired) electrons. The van der Waals surface area contributed by atoms with Crippen LogP contribution < -0.4 is 0 Å². The highest BCUT2D eigenvalue weighted by Crippen LogP contribution is 2.54. The Labute approximate surface area is 157 Å². The minimum atomic E-state index is -2.81. The lowest BCUT2D eigenvalue weighted by molar-refractivity contribution is -0.321. The van der Waals surface area contributed by atoms with Crippen LogP contribution in [-0.4, -0.2) is 54.8 Å². The number of ether oxygens (including phenoxy) is 2. The van der Waals surface area contributed by atoms with Crippen LogP contribution in [0.3, 0.4) is 0 Å². The third kappa shape index (κ3) is 3.05. The van der Waals surface area contributed by atoms with Crippen molar-refractivity contribution in [3.8, 4) is 0 Å². The smallest absolute Gasteiger partial charge is 0.191 e. The van der Waals surface area contributed by atoms with Gasteiger partial charge in [-0.2, -0.15) is 0 Å². The second-order valence-corrected chi connectivity index (χ2v) is 14.5. The fourth-order valence-corrected chi connectivity index (χ4v) is 7.29. The molecule has 1 heterocycles. The van der Waals surface area contributed by atoms with Crippen molar-refractivity contribution >= 4 is 8.07 Å². The van der Waals surface area contributed by atoms with Crippen molar-refractivity contribution in [1.82, 2.24) is 0 Å². The highest BCUT2D eigenvalue weighted by atomic mass is 28.3. The van der Waals surface area contributed by atoms with E-state index in [0.717, 1.165) is 5.56 Å². The van der Waals surface area contributed by atoms with Crippen LogP contribution in [0.15, 0.2) is 30.3 Å². The number of aliphatic hydroxyl groups is 2. The molecular weight excluding hydrogens is 351 g/mol. The van der Waals surface area contributed by atoms with Crippen molar-refractivity contribution < 1.29 is 24.1 Å². The number of benzene rings is 1. The third-order valence-electron chi connectivity index (χ3n) is 6.69. The first-order valence-electron chi connectivity index (χ1n) is 9.14. The summed E-state index contributed by atoms with van der Waals surface area (Å²) >= 11 is 0. The van der Waals surface area contributed by atoms with Gasteiger partial charge in [-0.1, -0.05) is 64.2 Å². The lowest BCUT2D eigenvalue weighted by Crippen LogP contribution is -2.83. The average molecular weight is 385 g/mol. The highest BCUT2D eigenvalue weighted by Gasteiger charge is 2.72. The van der Waals surface area contributed by atoms with E-state index in [1.807, 2.05) is 64.2 Å². The molecule has 1 aliphatic rings. The average Bonchev–Trinajstić information content (AvgIpc) is 2.56. The Bertz CT molecular complexity index is 618. The van der Waals surface area contributed by atoms with Crippen LogP contribution >= 0.6 is 0 Å². The molecule has 5 atom stereocenters. The maximum atomic E-state index is 15.7. The standard InChI is InChI=1S/C20H33FO4Si/c1-14-19(22,13-15-11-9-8-10-12-15)20(23,16(21)17(24-5)25-14)26(6,7)18(2,3)4/h8-12,14,16-17,22-23H,13H2,1-7H3/t14-,16+,17+,19+,20+/m1/s1. The molecule has 148 valence electrons. The van der Waals surface area contributed by atoms with E-state index in [1.165, 1.54) is 7.11 Å². The number of hydrogen-bond donors (Lipinski definition) is 2. The predicted molar refractivity (Wildman–Crippen MR) is 103 cm³/mol. The van der Waals surface area contributed by atoms with Crippen molar-refractivity contribution in [3.05, 3.63) is 35.9 Å². The van der Waals surface area contributed by atoms with Crippen molar-refractivity contribution in [2.75, 3.05) is 7.11 Å². The second kappa shape index (κ2) is 6.98. The van der Waals surface area contributed by atoms with Crippen LogP contribution in [0.5, 0.6) is 0 Å². The van der Waals surface area contributed by atoms with E-state index < -0.39 is 37.5 Å². The molecule has 1 aromatic carbocycles. The number of alkyl halides is 1. The van der Waals surface area contributed by atoms with Crippen molar-refractivity contribution in [1.29, 1.82) is 0 Å². The Morgan fingerprint density at radius 2 is 1.73 bits per heavy atom. The molecule has 0 unspecified atom stereocenters. The van der Waals surface area contributed by atoms with Gasteiger partial charge in [0.1, 0.15) is 10.8 Å². The Kier molecular flexibility index (Phi) is 5.78. The molecule has 1 fully saturated rings. The first kappa shape index (κ1) is 21.5. The van der Waals surface area contributed by atoms with Gasteiger partial charge >= 0.3 is 0 Å². The lowest BCUT2D eigenvalue weighted by Gasteiger charge is -2.62. The van der Waals surface area contributed by atoms with Crippen LogP contribution in [0.25, 0.3) is 0 Å².